The van der Waals surface area contributed by atoms with Gasteiger partial charge in [-0.05, 0) is 49.7 Å². The van der Waals surface area contributed by atoms with Crippen molar-refractivity contribution in [1.82, 2.24) is 10.2 Å². The predicted octanol–water partition coefficient (Wildman–Crippen LogP) is 2.91. The maximum absolute atomic E-state index is 13.7. The first-order valence-electron chi connectivity index (χ1n) is 9.57. The molecule has 1 atom stereocenters. The second kappa shape index (κ2) is 10.7. The molecule has 10 heteroatoms. The summed E-state index contributed by atoms with van der Waals surface area (Å²) in [5.41, 5.74) is 0.791. The number of hydrogen-bond acceptors (Lipinski definition) is 4. The standard InChI is InChI=1S/C21H25BrFN3O4S/c1-4-24-21(28)15(2)25(13-16-7-5-8-17(22)11-16)20(27)14-26(31(3,29)30)19-10-6-9-18(23)12-19/h5-12,15H,4,13-14H2,1-3H3,(H,24,28)/t15-/m1/s1. The van der Waals surface area contributed by atoms with Gasteiger partial charge in [0.05, 0.1) is 11.9 Å². The van der Waals surface area contributed by atoms with Crippen molar-refractivity contribution in [2.45, 2.75) is 26.4 Å². The molecule has 31 heavy (non-hydrogen) atoms. The van der Waals surface area contributed by atoms with Crippen LogP contribution in [0.15, 0.2) is 53.0 Å². The van der Waals surface area contributed by atoms with Gasteiger partial charge in [0.25, 0.3) is 0 Å². The van der Waals surface area contributed by atoms with E-state index in [-0.39, 0.29) is 18.1 Å². The summed E-state index contributed by atoms with van der Waals surface area (Å²) in [5.74, 6) is -1.57. The van der Waals surface area contributed by atoms with Crippen LogP contribution in [0.3, 0.4) is 0 Å². The van der Waals surface area contributed by atoms with E-state index in [1.807, 2.05) is 12.1 Å². The summed E-state index contributed by atoms with van der Waals surface area (Å²) in [6.07, 6.45) is 0.942. The molecular formula is C21H25BrFN3O4S. The fourth-order valence-electron chi connectivity index (χ4n) is 2.98. The summed E-state index contributed by atoms with van der Waals surface area (Å²) in [6.45, 7) is 3.26. The first kappa shape index (κ1) is 24.8. The summed E-state index contributed by atoms with van der Waals surface area (Å²) in [5, 5.41) is 2.68. The lowest BCUT2D eigenvalue weighted by molar-refractivity contribution is -0.139. The van der Waals surface area contributed by atoms with Gasteiger partial charge < -0.3 is 10.2 Å². The van der Waals surface area contributed by atoms with E-state index in [0.717, 1.165) is 26.7 Å². The number of rotatable bonds is 9. The summed E-state index contributed by atoms with van der Waals surface area (Å²) in [7, 11) is -3.89. The van der Waals surface area contributed by atoms with Gasteiger partial charge in [-0.3, -0.25) is 13.9 Å². The molecule has 2 aromatic carbocycles. The smallest absolute Gasteiger partial charge is 0.244 e. The number of sulfonamides is 1. The van der Waals surface area contributed by atoms with Crippen LogP contribution in [0.4, 0.5) is 10.1 Å². The molecule has 0 aliphatic rings. The van der Waals surface area contributed by atoms with Gasteiger partial charge in [-0.15, -0.1) is 0 Å². The zero-order valence-electron chi connectivity index (χ0n) is 17.5. The molecule has 0 radical (unpaired) electrons. The SMILES string of the molecule is CCNC(=O)[C@@H](C)N(Cc1cccc(Br)c1)C(=O)CN(c1cccc(F)c1)S(C)(=O)=O. The lowest BCUT2D eigenvalue weighted by Crippen LogP contribution is -2.51. The Kier molecular flexibility index (Phi) is 8.58. The molecule has 0 heterocycles. The van der Waals surface area contributed by atoms with Gasteiger partial charge in [0.15, 0.2) is 0 Å². The number of halogens is 2. The van der Waals surface area contributed by atoms with Crippen molar-refractivity contribution in [3.8, 4) is 0 Å². The van der Waals surface area contributed by atoms with Gasteiger partial charge in [-0.25, -0.2) is 12.8 Å². The quantitative estimate of drug-likeness (QED) is 0.558. The minimum atomic E-state index is -3.89. The summed E-state index contributed by atoms with van der Waals surface area (Å²) in [4.78, 5) is 27.0. The largest absolute Gasteiger partial charge is 0.355 e. The zero-order valence-corrected chi connectivity index (χ0v) is 19.9. The highest BCUT2D eigenvalue weighted by molar-refractivity contribution is 9.10. The van der Waals surface area contributed by atoms with E-state index in [2.05, 4.69) is 21.2 Å². The number of carbonyl (C=O) groups is 2. The van der Waals surface area contributed by atoms with Crippen molar-refractivity contribution in [2.24, 2.45) is 0 Å². The van der Waals surface area contributed by atoms with Crippen LogP contribution >= 0.6 is 15.9 Å². The van der Waals surface area contributed by atoms with E-state index in [9.17, 15) is 22.4 Å². The molecule has 0 bridgehead atoms. The monoisotopic (exact) mass is 513 g/mol. The highest BCUT2D eigenvalue weighted by Crippen LogP contribution is 2.20. The molecule has 0 aliphatic carbocycles. The average Bonchev–Trinajstić information content (AvgIpc) is 2.69. The maximum atomic E-state index is 13.7. The number of nitrogens with zero attached hydrogens (tertiary/aromatic N) is 2. The Hall–Kier alpha value is -2.46. The summed E-state index contributed by atoms with van der Waals surface area (Å²) >= 11 is 3.38. The van der Waals surface area contributed by atoms with Crippen molar-refractivity contribution in [1.29, 1.82) is 0 Å². The van der Waals surface area contributed by atoms with Crippen molar-refractivity contribution in [3.05, 3.63) is 64.4 Å². The molecule has 2 rings (SSSR count). The molecule has 0 aliphatic heterocycles. The third-order valence-corrected chi connectivity index (χ3v) is 6.17. The molecule has 2 amide bonds. The van der Waals surface area contributed by atoms with Crippen molar-refractivity contribution < 1.29 is 22.4 Å². The van der Waals surface area contributed by atoms with Gasteiger partial charge in [0, 0.05) is 17.6 Å². The first-order chi connectivity index (χ1) is 14.5. The van der Waals surface area contributed by atoms with Crippen LogP contribution in [0.1, 0.15) is 19.4 Å². The lowest BCUT2D eigenvalue weighted by atomic mass is 10.1. The summed E-state index contributed by atoms with van der Waals surface area (Å²) in [6, 6.07) is 11.4. The van der Waals surface area contributed by atoms with E-state index in [1.165, 1.54) is 23.1 Å². The van der Waals surface area contributed by atoms with E-state index in [4.69, 9.17) is 0 Å². The molecular weight excluding hydrogens is 489 g/mol. The number of amides is 2. The van der Waals surface area contributed by atoms with Gasteiger partial charge in [-0.1, -0.05) is 34.1 Å². The van der Waals surface area contributed by atoms with Crippen LogP contribution in [0.2, 0.25) is 0 Å². The minimum absolute atomic E-state index is 0.0314. The Balaban J connectivity index is 2.38. The fraction of sp³-hybridized carbons (Fsp3) is 0.333. The molecule has 0 saturated heterocycles. The number of benzene rings is 2. The molecule has 0 unspecified atom stereocenters. The van der Waals surface area contributed by atoms with Crippen molar-refractivity contribution in [2.75, 3.05) is 23.7 Å². The molecule has 0 spiro atoms. The van der Waals surface area contributed by atoms with Crippen LogP contribution in [0.5, 0.6) is 0 Å². The molecule has 2 aromatic rings. The van der Waals surface area contributed by atoms with E-state index in [1.54, 1.807) is 26.0 Å². The molecule has 7 nitrogen and oxygen atoms in total. The van der Waals surface area contributed by atoms with Gasteiger partial charge in [0.2, 0.25) is 21.8 Å². The average molecular weight is 514 g/mol. The zero-order chi connectivity index (χ0) is 23.2. The topological polar surface area (TPSA) is 86.8 Å². The highest BCUT2D eigenvalue weighted by Gasteiger charge is 2.30. The lowest BCUT2D eigenvalue weighted by Gasteiger charge is -2.31. The number of likely N-dealkylation sites (N-methyl/N-ethyl adjacent to an activating group) is 1. The van der Waals surface area contributed by atoms with Gasteiger partial charge >= 0.3 is 0 Å². The first-order valence-corrected chi connectivity index (χ1v) is 12.2. The van der Waals surface area contributed by atoms with Gasteiger partial charge in [0.1, 0.15) is 18.4 Å². The normalized spacial score (nSPS) is 12.2. The van der Waals surface area contributed by atoms with Crippen LogP contribution in [0, 0.1) is 5.82 Å². The molecule has 1 N–H and O–H groups in total. The second-order valence-electron chi connectivity index (χ2n) is 6.97. The number of carbonyl (C=O) groups excluding carboxylic acids is 2. The Morgan fingerprint density at radius 3 is 2.42 bits per heavy atom. The molecule has 168 valence electrons. The third-order valence-electron chi connectivity index (χ3n) is 4.54. The van der Waals surface area contributed by atoms with Crippen molar-refractivity contribution in [3.63, 3.8) is 0 Å². The van der Waals surface area contributed by atoms with Crippen LogP contribution in [-0.2, 0) is 26.2 Å². The van der Waals surface area contributed by atoms with Crippen LogP contribution in [0.25, 0.3) is 0 Å². The maximum Gasteiger partial charge on any atom is 0.244 e. The van der Waals surface area contributed by atoms with E-state index in [0.29, 0.717) is 6.54 Å². The molecule has 0 aromatic heterocycles. The second-order valence-corrected chi connectivity index (χ2v) is 9.79. The molecule has 0 fully saturated rings. The Morgan fingerprint density at radius 1 is 1.16 bits per heavy atom. The number of anilines is 1. The minimum Gasteiger partial charge on any atom is -0.355 e. The summed E-state index contributed by atoms with van der Waals surface area (Å²) < 4.78 is 40.0. The predicted molar refractivity (Wildman–Crippen MR) is 121 cm³/mol. The highest BCUT2D eigenvalue weighted by atomic mass is 79.9. The Labute approximate surface area is 190 Å². The Bertz CT molecular complexity index is 1050. The van der Waals surface area contributed by atoms with Crippen LogP contribution in [-0.4, -0.2) is 50.5 Å². The number of nitrogens with one attached hydrogen (secondary N) is 1. The Morgan fingerprint density at radius 2 is 1.84 bits per heavy atom. The van der Waals surface area contributed by atoms with Crippen molar-refractivity contribution >= 4 is 43.5 Å². The fourth-order valence-corrected chi connectivity index (χ4v) is 4.27. The number of hydrogen-bond donors (Lipinski definition) is 1. The molecule has 0 saturated carbocycles. The third kappa shape index (κ3) is 7.03. The van der Waals surface area contributed by atoms with Crippen LogP contribution < -0.4 is 9.62 Å². The van der Waals surface area contributed by atoms with E-state index < -0.39 is 34.3 Å². The van der Waals surface area contributed by atoms with Gasteiger partial charge in [-0.2, -0.15) is 0 Å². The van der Waals surface area contributed by atoms with E-state index >= 15 is 0 Å².